The summed E-state index contributed by atoms with van der Waals surface area (Å²) < 4.78 is 10.9. The molecule has 0 saturated heterocycles. The van der Waals surface area contributed by atoms with Crippen molar-refractivity contribution in [2.45, 2.75) is 71.1 Å². The number of amides is 2. The SMILES string of the molecule is CC[C@H](C(=O)NC1CCCC1)N(Cc1ccc2c(c1)OCO2)C(=O)Cn1nnc(-c2ccc(C)cc2)n1. The van der Waals surface area contributed by atoms with Crippen LogP contribution in [0.15, 0.2) is 42.5 Å². The third kappa shape index (κ3) is 5.73. The predicted octanol–water partition coefficient (Wildman–Crippen LogP) is 3.24. The Morgan fingerprint density at radius 3 is 2.62 bits per heavy atom. The summed E-state index contributed by atoms with van der Waals surface area (Å²) in [6, 6.07) is 12.9. The number of benzene rings is 2. The van der Waals surface area contributed by atoms with Gasteiger partial charge in [-0.15, -0.1) is 10.2 Å². The number of nitrogens with one attached hydrogen (secondary N) is 1. The Hall–Kier alpha value is -3.95. The molecule has 0 radical (unpaired) electrons. The van der Waals surface area contributed by atoms with Crippen LogP contribution in [0.4, 0.5) is 0 Å². The van der Waals surface area contributed by atoms with Gasteiger partial charge in [-0.25, -0.2) is 0 Å². The van der Waals surface area contributed by atoms with E-state index in [1.54, 1.807) is 4.90 Å². The summed E-state index contributed by atoms with van der Waals surface area (Å²) in [5.74, 6) is 1.35. The largest absolute Gasteiger partial charge is 0.454 e. The van der Waals surface area contributed by atoms with Gasteiger partial charge in [0.1, 0.15) is 12.6 Å². The Labute approximate surface area is 215 Å². The third-order valence-electron chi connectivity index (χ3n) is 6.92. The van der Waals surface area contributed by atoms with Crippen LogP contribution in [-0.2, 0) is 22.7 Å². The molecule has 1 aliphatic heterocycles. The molecule has 2 amide bonds. The topological polar surface area (TPSA) is 111 Å². The summed E-state index contributed by atoms with van der Waals surface area (Å²) in [4.78, 5) is 29.9. The van der Waals surface area contributed by atoms with Crippen molar-refractivity contribution >= 4 is 11.8 Å². The van der Waals surface area contributed by atoms with Gasteiger partial charge in [0.15, 0.2) is 11.5 Å². The van der Waals surface area contributed by atoms with Crippen LogP contribution in [0, 0.1) is 6.92 Å². The zero-order chi connectivity index (χ0) is 25.8. The molecule has 1 aromatic heterocycles. The Bertz CT molecular complexity index is 1250. The van der Waals surface area contributed by atoms with Crippen LogP contribution in [0.2, 0.25) is 0 Å². The molecule has 1 N–H and O–H groups in total. The number of fused-ring (bicyclic) bond motifs is 1. The lowest BCUT2D eigenvalue weighted by Crippen LogP contribution is -2.51. The van der Waals surface area contributed by atoms with E-state index < -0.39 is 6.04 Å². The van der Waals surface area contributed by atoms with Gasteiger partial charge in [0.25, 0.3) is 0 Å². The molecule has 2 aliphatic rings. The van der Waals surface area contributed by atoms with Crippen LogP contribution in [0.3, 0.4) is 0 Å². The number of aryl methyl sites for hydroxylation is 1. The number of carbonyl (C=O) groups excluding carboxylic acids is 2. The number of hydrogen-bond acceptors (Lipinski definition) is 7. The van der Waals surface area contributed by atoms with Crippen LogP contribution >= 0.6 is 0 Å². The molecule has 5 rings (SSSR count). The number of nitrogens with zero attached hydrogens (tertiary/aromatic N) is 5. The summed E-state index contributed by atoms with van der Waals surface area (Å²) in [5, 5.41) is 15.8. The molecular weight excluding hydrogens is 472 g/mol. The van der Waals surface area contributed by atoms with Crippen molar-refractivity contribution in [2.75, 3.05) is 6.79 Å². The maximum absolute atomic E-state index is 13.6. The molecule has 0 spiro atoms. The van der Waals surface area contributed by atoms with E-state index in [0.29, 0.717) is 23.7 Å². The first-order valence-corrected chi connectivity index (χ1v) is 12.8. The standard InChI is InChI=1S/C27H32N6O4/c1-3-22(27(35)28-21-6-4-5-7-21)32(15-19-10-13-23-24(14-19)37-17-36-23)25(34)16-33-30-26(29-31-33)20-11-8-18(2)9-12-20/h8-14,21-22H,3-7,15-17H2,1-2H3,(H,28,35)/t22-/m1/s1. The molecule has 2 aromatic carbocycles. The molecule has 10 nitrogen and oxygen atoms in total. The molecule has 1 atom stereocenters. The number of hydrogen-bond donors (Lipinski definition) is 1. The van der Waals surface area contributed by atoms with Crippen LogP contribution in [0.25, 0.3) is 11.4 Å². The highest BCUT2D eigenvalue weighted by Crippen LogP contribution is 2.33. The van der Waals surface area contributed by atoms with Gasteiger partial charge < -0.3 is 19.7 Å². The second-order valence-corrected chi connectivity index (χ2v) is 9.63. The van der Waals surface area contributed by atoms with Gasteiger partial charge in [-0.1, -0.05) is 55.7 Å². The van der Waals surface area contributed by atoms with E-state index in [0.717, 1.165) is 42.4 Å². The summed E-state index contributed by atoms with van der Waals surface area (Å²) in [6.45, 7) is 4.21. The fourth-order valence-corrected chi connectivity index (χ4v) is 4.86. The zero-order valence-corrected chi connectivity index (χ0v) is 21.2. The van der Waals surface area contributed by atoms with E-state index >= 15 is 0 Å². The van der Waals surface area contributed by atoms with E-state index in [1.165, 1.54) is 4.80 Å². The predicted molar refractivity (Wildman–Crippen MR) is 136 cm³/mol. The molecule has 10 heteroatoms. The average molecular weight is 505 g/mol. The highest BCUT2D eigenvalue weighted by molar-refractivity contribution is 5.87. The smallest absolute Gasteiger partial charge is 0.247 e. The fraction of sp³-hybridized carbons (Fsp3) is 0.444. The lowest BCUT2D eigenvalue weighted by Gasteiger charge is -2.31. The summed E-state index contributed by atoms with van der Waals surface area (Å²) in [6.07, 6.45) is 4.66. The summed E-state index contributed by atoms with van der Waals surface area (Å²) in [7, 11) is 0. The molecule has 1 saturated carbocycles. The molecule has 2 heterocycles. The van der Waals surface area contributed by atoms with Crippen LogP contribution in [0.1, 0.15) is 50.2 Å². The molecule has 0 unspecified atom stereocenters. The van der Waals surface area contributed by atoms with Gasteiger partial charge in [-0.3, -0.25) is 9.59 Å². The van der Waals surface area contributed by atoms with Crippen LogP contribution in [0.5, 0.6) is 11.5 Å². The Morgan fingerprint density at radius 1 is 1.11 bits per heavy atom. The number of rotatable bonds is 9. The van der Waals surface area contributed by atoms with Crippen molar-refractivity contribution in [1.29, 1.82) is 0 Å². The van der Waals surface area contributed by atoms with E-state index in [-0.39, 0.29) is 37.7 Å². The van der Waals surface area contributed by atoms with Crippen molar-refractivity contribution in [1.82, 2.24) is 30.4 Å². The zero-order valence-electron chi connectivity index (χ0n) is 21.2. The third-order valence-corrected chi connectivity index (χ3v) is 6.92. The Kier molecular flexibility index (Phi) is 7.34. The Morgan fingerprint density at radius 2 is 1.86 bits per heavy atom. The lowest BCUT2D eigenvalue weighted by atomic mass is 10.1. The number of carbonyl (C=O) groups is 2. The number of tetrazole rings is 1. The number of ether oxygens (including phenoxy) is 2. The van der Waals surface area contributed by atoms with Crippen molar-refractivity contribution in [2.24, 2.45) is 0 Å². The van der Waals surface area contributed by atoms with Gasteiger partial charge in [0.2, 0.25) is 24.4 Å². The van der Waals surface area contributed by atoms with Gasteiger partial charge in [-0.2, -0.15) is 4.80 Å². The average Bonchev–Trinajstić information content (AvgIpc) is 3.66. The van der Waals surface area contributed by atoms with Gasteiger partial charge >= 0.3 is 0 Å². The lowest BCUT2D eigenvalue weighted by molar-refractivity contribution is -0.142. The minimum absolute atomic E-state index is 0.128. The van der Waals surface area contributed by atoms with E-state index in [1.807, 2.05) is 56.3 Å². The molecule has 0 bridgehead atoms. The van der Waals surface area contributed by atoms with Crippen molar-refractivity contribution in [3.8, 4) is 22.9 Å². The van der Waals surface area contributed by atoms with Crippen LogP contribution < -0.4 is 14.8 Å². The fourth-order valence-electron chi connectivity index (χ4n) is 4.86. The first-order valence-electron chi connectivity index (χ1n) is 12.8. The van der Waals surface area contributed by atoms with Gasteiger partial charge in [0.05, 0.1) is 0 Å². The Balaban J connectivity index is 1.36. The minimum atomic E-state index is -0.626. The highest BCUT2D eigenvalue weighted by Gasteiger charge is 2.31. The first kappa shape index (κ1) is 24.7. The maximum atomic E-state index is 13.6. The van der Waals surface area contributed by atoms with E-state index in [2.05, 4.69) is 20.7 Å². The molecular formula is C27H32N6O4. The molecule has 194 valence electrons. The summed E-state index contributed by atoms with van der Waals surface area (Å²) in [5.41, 5.74) is 2.80. The van der Waals surface area contributed by atoms with E-state index in [4.69, 9.17) is 9.47 Å². The van der Waals surface area contributed by atoms with Crippen molar-refractivity contribution in [3.05, 3.63) is 53.6 Å². The van der Waals surface area contributed by atoms with Crippen molar-refractivity contribution in [3.63, 3.8) is 0 Å². The van der Waals surface area contributed by atoms with Crippen molar-refractivity contribution < 1.29 is 19.1 Å². The number of aromatic nitrogens is 4. The molecule has 1 aliphatic carbocycles. The first-order chi connectivity index (χ1) is 18.0. The van der Waals surface area contributed by atoms with Crippen LogP contribution in [-0.4, -0.2) is 55.8 Å². The van der Waals surface area contributed by atoms with Gasteiger partial charge in [0, 0.05) is 18.2 Å². The maximum Gasteiger partial charge on any atom is 0.247 e. The quantitative estimate of drug-likeness (QED) is 0.476. The second kappa shape index (κ2) is 11.0. The monoisotopic (exact) mass is 504 g/mol. The van der Waals surface area contributed by atoms with Gasteiger partial charge in [-0.05, 0) is 49.1 Å². The normalized spacial score (nSPS) is 15.5. The summed E-state index contributed by atoms with van der Waals surface area (Å²) >= 11 is 0. The highest BCUT2D eigenvalue weighted by atomic mass is 16.7. The minimum Gasteiger partial charge on any atom is -0.454 e. The molecule has 3 aromatic rings. The second-order valence-electron chi connectivity index (χ2n) is 9.63. The molecule has 37 heavy (non-hydrogen) atoms. The molecule has 1 fully saturated rings. The van der Waals surface area contributed by atoms with E-state index in [9.17, 15) is 9.59 Å².